The number of ether oxygens (including phenoxy) is 2. The Morgan fingerprint density at radius 2 is 1.73 bits per heavy atom. The summed E-state index contributed by atoms with van der Waals surface area (Å²) in [5.74, 6) is 1.42. The molecule has 0 bridgehead atoms. The van der Waals surface area contributed by atoms with Crippen LogP contribution in [0.5, 0.6) is 17.2 Å². The highest BCUT2D eigenvalue weighted by atomic mass is 32.2. The maximum Gasteiger partial charge on any atom is 0.243 e. The molecule has 0 unspecified atom stereocenters. The van der Waals surface area contributed by atoms with Crippen molar-refractivity contribution in [1.29, 1.82) is 0 Å². The normalized spacial score (nSPS) is 13.2. The molecule has 33 heavy (non-hydrogen) atoms. The van der Waals surface area contributed by atoms with Crippen LogP contribution in [0, 0.1) is 0 Å². The van der Waals surface area contributed by atoms with Crippen molar-refractivity contribution in [2.24, 2.45) is 0 Å². The minimum atomic E-state index is -3.62. The van der Waals surface area contributed by atoms with Crippen LogP contribution in [0.25, 0.3) is 0 Å². The molecule has 1 saturated carbocycles. The van der Waals surface area contributed by atoms with Gasteiger partial charge in [0.15, 0.2) is 0 Å². The molecule has 0 aliphatic heterocycles. The summed E-state index contributed by atoms with van der Waals surface area (Å²) in [6, 6.07) is 20.9. The average molecular weight is 468 g/mol. The largest absolute Gasteiger partial charge is 0.495 e. The fourth-order valence-corrected chi connectivity index (χ4v) is 4.45. The highest BCUT2D eigenvalue weighted by molar-refractivity contribution is 7.89. The Bertz CT molecular complexity index is 1230. The highest BCUT2D eigenvalue weighted by Gasteiger charge is 2.28. The number of hydrogen-bond acceptors (Lipinski definition) is 6. The number of para-hydroxylation sites is 1. The summed E-state index contributed by atoms with van der Waals surface area (Å²) in [5.41, 5.74) is 0.986. The molecule has 0 spiro atoms. The molecule has 3 aromatic rings. The van der Waals surface area contributed by atoms with Crippen molar-refractivity contribution in [2.75, 3.05) is 24.3 Å². The number of amides is 1. The first-order chi connectivity index (χ1) is 15.9. The molecule has 3 N–H and O–H groups in total. The fourth-order valence-electron chi connectivity index (χ4n) is 3.12. The second-order valence-corrected chi connectivity index (χ2v) is 9.32. The van der Waals surface area contributed by atoms with E-state index in [2.05, 4.69) is 15.4 Å². The monoisotopic (exact) mass is 467 g/mol. The standard InChI is InChI=1S/C24H25N3O5S/c1-31-23-13-12-21(33(29,30)27-17-10-11-17)15-22(23)25-16-24(28)26-18-6-5-9-20(14-18)32-19-7-3-2-4-8-19/h2-9,12-15,17,25,27H,10-11,16H2,1H3,(H,26,28). The van der Waals surface area contributed by atoms with E-state index in [0.29, 0.717) is 28.6 Å². The highest BCUT2D eigenvalue weighted by Crippen LogP contribution is 2.29. The molecule has 9 heteroatoms. The summed E-state index contributed by atoms with van der Waals surface area (Å²) in [5, 5.41) is 5.76. The van der Waals surface area contributed by atoms with E-state index >= 15 is 0 Å². The van der Waals surface area contributed by atoms with E-state index in [1.165, 1.54) is 19.2 Å². The smallest absolute Gasteiger partial charge is 0.243 e. The molecule has 172 valence electrons. The predicted molar refractivity (Wildman–Crippen MR) is 126 cm³/mol. The zero-order valence-electron chi connectivity index (χ0n) is 18.1. The van der Waals surface area contributed by atoms with Gasteiger partial charge in [0.1, 0.15) is 17.2 Å². The number of carbonyl (C=O) groups is 1. The Labute approximate surface area is 193 Å². The van der Waals surface area contributed by atoms with Crippen molar-refractivity contribution in [3.63, 3.8) is 0 Å². The van der Waals surface area contributed by atoms with Crippen LogP contribution in [0.2, 0.25) is 0 Å². The topological polar surface area (TPSA) is 106 Å². The Kier molecular flexibility index (Phi) is 6.81. The van der Waals surface area contributed by atoms with Gasteiger partial charge in [-0.3, -0.25) is 4.79 Å². The molecule has 1 amide bonds. The number of benzene rings is 3. The van der Waals surface area contributed by atoms with Crippen molar-refractivity contribution < 1.29 is 22.7 Å². The first-order valence-electron chi connectivity index (χ1n) is 10.5. The third kappa shape index (κ3) is 6.24. The van der Waals surface area contributed by atoms with Gasteiger partial charge < -0.3 is 20.1 Å². The maximum absolute atomic E-state index is 12.5. The Hall–Kier alpha value is -3.56. The zero-order chi connectivity index (χ0) is 23.3. The Balaban J connectivity index is 1.39. The lowest BCUT2D eigenvalue weighted by Crippen LogP contribution is -2.26. The van der Waals surface area contributed by atoms with Crippen LogP contribution in [0.3, 0.4) is 0 Å². The third-order valence-corrected chi connectivity index (χ3v) is 6.43. The van der Waals surface area contributed by atoms with Gasteiger partial charge in [0.2, 0.25) is 15.9 Å². The van der Waals surface area contributed by atoms with Crippen LogP contribution in [0.4, 0.5) is 11.4 Å². The van der Waals surface area contributed by atoms with Crippen molar-refractivity contribution >= 4 is 27.3 Å². The molecule has 4 rings (SSSR count). The number of methoxy groups -OCH3 is 1. The maximum atomic E-state index is 12.5. The van der Waals surface area contributed by atoms with Gasteiger partial charge in [-0.15, -0.1) is 0 Å². The number of hydrogen-bond donors (Lipinski definition) is 3. The number of anilines is 2. The zero-order valence-corrected chi connectivity index (χ0v) is 18.9. The first kappa shape index (κ1) is 22.6. The molecule has 0 saturated heterocycles. The van der Waals surface area contributed by atoms with E-state index in [0.717, 1.165) is 12.8 Å². The minimum Gasteiger partial charge on any atom is -0.495 e. The van der Waals surface area contributed by atoms with Gasteiger partial charge in [0, 0.05) is 17.8 Å². The summed E-state index contributed by atoms with van der Waals surface area (Å²) in [6.07, 6.45) is 1.69. The third-order valence-electron chi connectivity index (χ3n) is 4.92. The van der Waals surface area contributed by atoms with Gasteiger partial charge >= 0.3 is 0 Å². The lowest BCUT2D eigenvalue weighted by Gasteiger charge is -2.14. The molecule has 0 atom stereocenters. The number of rotatable bonds is 10. The summed E-state index contributed by atoms with van der Waals surface area (Å²) >= 11 is 0. The van der Waals surface area contributed by atoms with E-state index in [4.69, 9.17) is 9.47 Å². The van der Waals surface area contributed by atoms with Gasteiger partial charge in [0.05, 0.1) is 24.2 Å². The molecular formula is C24H25N3O5S. The quantitative estimate of drug-likeness (QED) is 0.417. The predicted octanol–water partition coefficient (Wildman–Crippen LogP) is 3.98. The number of nitrogens with one attached hydrogen (secondary N) is 3. The number of sulfonamides is 1. The molecule has 1 aliphatic carbocycles. The molecule has 8 nitrogen and oxygen atoms in total. The van der Waals surface area contributed by atoms with Crippen LogP contribution < -0.4 is 24.8 Å². The van der Waals surface area contributed by atoms with Gasteiger partial charge in [-0.1, -0.05) is 24.3 Å². The van der Waals surface area contributed by atoms with E-state index in [1.807, 2.05) is 30.3 Å². The summed E-state index contributed by atoms with van der Waals surface area (Å²) in [4.78, 5) is 12.6. The second kappa shape index (κ2) is 9.93. The minimum absolute atomic E-state index is 0.000854. The van der Waals surface area contributed by atoms with E-state index in [9.17, 15) is 13.2 Å². The van der Waals surface area contributed by atoms with Crippen LogP contribution in [0.1, 0.15) is 12.8 Å². The van der Waals surface area contributed by atoms with Gasteiger partial charge in [0.25, 0.3) is 0 Å². The lowest BCUT2D eigenvalue weighted by molar-refractivity contribution is -0.114. The van der Waals surface area contributed by atoms with Crippen molar-refractivity contribution in [1.82, 2.24) is 4.72 Å². The van der Waals surface area contributed by atoms with Gasteiger partial charge in [-0.2, -0.15) is 0 Å². The molecular weight excluding hydrogens is 442 g/mol. The van der Waals surface area contributed by atoms with Crippen molar-refractivity contribution in [3.05, 3.63) is 72.8 Å². The van der Waals surface area contributed by atoms with Crippen LogP contribution in [0.15, 0.2) is 77.7 Å². The van der Waals surface area contributed by atoms with Crippen LogP contribution in [-0.4, -0.2) is 34.0 Å². The second-order valence-electron chi connectivity index (χ2n) is 7.60. The van der Waals surface area contributed by atoms with E-state index in [1.54, 1.807) is 30.3 Å². The molecule has 3 aromatic carbocycles. The number of carbonyl (C=O) groups excluding carboxylic acids is 1. The summed E-state index contributed by atoms with van der Waals surface area (Å²) in [7, 11) is -2.14. The summed E-state index contributed by atoms with van der Waals surface area (Å²) < 4.78 is 38.7. The Morgan fingerprint density at radius 1 is 0.970 bits per heavy atom. The Morgan fingerprint density at radius 3 is 2.45 bits per heavy atom. The van der Waals surface area contributed by atoms with E-state index in [-0.39, 0.29) is 23.4 Å². The van der Waals surface area contributed by atoms with Crippen LogP contribution in [-0.2, 0) is 14.8 Å². The van der Waals surface area contributed by atoms with Crippen molar-refractivity contribution in [3.8, 4) is 17.2 Å². The molecule has 0 heterocycles. The molecule has 1 aliphatic rings. The molecule has 0 radical (unpaired) electrons. The summed E-state index contributed by atoms with van der Waals surface area (Å²) in [6.45, 7) is -0.0836. The lowest BCUT2D eigenvalue weighted by atomic mass is 10.2. The van der Waals surface area contributed by atoms with Gasteiger partial charge in [-0.05, 0) is 55.3 Å². The fraction of sp³-hybridized carbons (Fsp3) is 0.208. The first-order valence-corrected chi connectivity index (χ1v) is 12.0. The van der Waals surface area contributed by atoms with Gasteiger partial charge in [-0.25, -0.2) is 13.1 Å². The van der Waals surface area contributed by atoms with Crippen molar-refractivity contribution in [2.45, 2.75) is 23.8 Å². The SMILES string of the molecule is COc1ccc(S(=O)(=O)NC2CC2)cc1NCC(=O)Nc1cccc(Oc2ccccc2)c1. The van der Waals surface area contributed by atoms with E-state index < -0.39 is 10.0 Å². The van der Waals surface area contributed by atoms with Crippen LogP contribution >= 0.6 is 0 Å². The average Bonchev–Trinajstić information content (AvgIpc) is 3.62. The molecule has 1 fully saturated rings. The molecule has 0 aromatic heterocycles.